The van der Waals surface area contributed by atoms with Crippen molar-refractivity contribution in [1.82, 2.24) is 0 Å². The molecule has 0 spiro atoms. The van der Waals surface area contributed by atoms with Crippen molar-refractivity contribution in [2.24, 2.45) is 23.2 Å². The highest BCUT2D eigenvalue weighted by Gasteiger charge is 2.35. The summed E-state index contributed by atoms with van der Waals surface area (Å²) in [7, 11) is 0. The fourth-order valence-electron chi connectivity index (χ4n) is 3.23. The Kier molecular flexibility index (Phi) is 5.76. The van der Waals surface area contributed by atoms with Crippen LogP contribution in [0.25, 0.3) is 0 Å². The van der Waals surface area contributed by atoms with Gasteiger partial charge < -0.3 is 0 Å². The fourth-order valence-corrected chi connectivity index (χ4v) is 3.23. The van der Waals surface area contributed by atoms with E-state index in [1.54, 1.807) is 0 Å². The Hall–Kier alpha value is -0.660. The predicted molar refractivity (Wildman–Crippen MR) is 79.0 cm³/mol. The highest BCUT2D eigenvalue weighted by atomic mass is 16.1. The van der Waals surface area contributed by atoms with Crippen molar-refractivity contribution in [3.05, 3.63) is 0 Å². The zero-order valence-electron chi connectivity index (χ0n) is 13.3. The summed E-state index contributed by atoms with van der Waals surface area (Å²) in [6, 6.07) is 0. The van der Waals surface area contributed by atoms with Crippen LogP contribution in [0.15, 0.2) is 0 Å². The first-order valence-corrected chi connectivity index (χ1v) is 7.85. The monoisotopic (exact) mass is 266 g/mol. The molecule has 2 nitrogen and oxygen atoms in total. The molecule has 0 bridgehead atoms. The molecule has 0 aromatic rings. The average Bonchev–Trinajstić information content (AvgIpc) is 2.36. The van der Waals surface area contributed by atoms with Gasteiger partial charge in [-0.3, -0.25) is 9.59 Å². The lowest BCUT2D eigenvalue weighted by atomic mass is 9.71. The maximum atomic E-state index is 12.3. The van der Waals surface area contributed by atoms with Crippen LogP contribution in [0.2, 0.25) is 0 Å². The van der Waals surface area contributed by atoms with Crippen molar-refractivity contribution in [2.45, 2.75) is 73.1 Å². The second kappa shape index (κ2) is 6.67. The lowest BCUT2D eigenvalue weighted by Gasteiger charge is -2.31. The highest BCUT2D eigenvalue weighted by molar-refractivity contribution is 5.87. The first kappa shape index (κ1) is 16.4. The van der Waals surface area contributed by atoms with Gasteiger partial charge in [-0.25, -0.2) is 0 Å². The van der Waals surface area contributed by atoms with E-state index in [1.165, 1.54) is 0 Å². The topological polar surface area (TPSA) is 34.1 Å². The van der Waals surface area contributed by atoms with Gasteiger partial charge in [-0.15, -0.1) is 0 Å². The van der Waals surface area contributed by atoms with E-state index in [4.69, 9.17) is 0 Å². The molecule has 1 rings (SSSR count). The Morgan fingerprint density at radius 2 is 1.53 bits per heavy atom. The molecule has 0 aromatic carbocycles. The van der Waals surface area contributed by atoms with Gasteiger partial charge in [0, 0.05) is 23.2 Å². The standard InChI is InChI=1S/C17H30O2/c1-6-7-12(2)15(18)13-8-10-14(11-9-13)16(19)17(3,4)5/h12-14H,6-11H2,1-5H3/t12?,13-,14-. The number of carbonyl (C=O) groups is 2. The molecule has 0 aliphatic heterocycles. The van der Waals surface area contributed by atoms with Crippen LogP contribution < -0.4 is 0 Å². The average molecular weight is 266 g/mol. The Bertz CT molecular complexity index is 317. The number of Topliss-reactive ketones (excluding diaryl/α,β-unsaturated/α-hetero) is 2. The van der Waals surface area contributed by atoms with E-state index in [0.29, 0.717) is 11.6 Å². The van der Waals surface area contributed by atoms with E-state index in [2.05, 4.69) is 13.8 Å². The minimum absolute atomic E-state index is 0.186. The molecule has 0 radical (unpaired) electrons. The largest absolute Gasteiger partial charge is 0.299 e. The number of ketones is 2. The van der Waals surface area contributed by atoms with Gasteiger partial charge in [0.1, 0.15) is 11.6 Å². The lowest BCUT2D eigenvalue weighted by molar-refractivity contribution is -0.134. The summed E-state index contributed by atoms with van der Waals surface area (Å²) in [4.78, 5) is 24.5. The molecule has 0 amide bonds. The molecule has 0 N–H and O–H groups in total. The van der Waals surface area contributed by atoms with Gasteiger partial charge in [0.25, 0.3) is 0 Å². The van der Waals surface area contributed by atoms with E-state index in [-0.39, 0.29) is 23.2 Å². The zero-order chi connectivity index (χ0) is 14.6. The van der Waals surface area contributed by atoms with Crippen molar-refractivity contribution in [2.75, 3.05) is 0 Å². The third kappa shape index (κ3) is 4.43. The zero-order valence-corrected chi connectivity index (χ0v) is 13.3. The first-order valence-electron chi connectivity index (χ1n) is 7.85. The van der Waals surface area contributed by atoms with Crippen molar-refractivity contribution in [3.8, 4) is 0 Å². The third-order valence-electron chi connectivity index (χ3n) is 4.45. The molecule has 2 heteroatoms. The summed E-state index contributed by atoms with van der Waals surface area (Å²) in [5, 5.41) is 0. The molecular weight excluding hydrogens is 236 g/mol. The second-order valence-electron chi connectivity index (χ2n) is 7.25. The minimum Gasteiger partial charge on any atom is -0.299 e. The summed E-state index contributed by atoms with van der Waals surface area (Å²) in [6.07, 6.45) is 5.72. The molecule has 1 aliphatic carbocycles. The summed E-state index contributed by atoms with van der Waals surface area (Å²) >= 11 is 0. The molecule has 0 heterocycles. The van der Waals surface area contributed by atoms with Gasteiger partial charge in [-0.1, -0.05) is 41.0 Å². The smallest absolute Gasteiger partial charge is 0.141 e. The van der Waals surface area contributed by atoms with E-state index in [9.17, 15) is 9.59 Å². The lowest BCUT2D eigenvalue weighted by Crippen LogP contribution is -2.33. The van der Waals surface area contributed by atoms with Gasteiger partial charge in [-0.05, 0) is 32.1 Å². The predicted octanol–water partition coefficient (Wildman–Crippen LogP) is 4.41. The quantitative estimate of drug-likeness (QED) is 0.738. The second-order valence-corrected chi connectivity index (χ2v) is 7.25. The van der Waals surface area contributed by atoms with Crippen molar-refractivity contribution in [1.29, 1.82) is 0 Å². The van der Waals surface area contributed by atoms with Crippen LogP contribution in [0.4, 0.5) is 0 Å². The molecule has 1 saturated carbocycles. The summed E-state index contributed by atoms with van der Waals surface area (Å²) in [5.74, 6) is 1.41. The number of carbonyl (C=O) groups excluding carboxylic acids is 2. The van der Waals surface area contributed by atoms with E-state index < -0.39 is 0 Å². The van der Waals surface area contributed by atoms with Gasteiger partial charge in [0.2, 0.25) is 0 Å². The van der Waals surface area contributed by atoms with E-state index in [1.807, 2.05) is 20.8 Å². The van der Waals surface area contributed by atoms with E-state index in [0.717, 1.165) is 38.5 Å². The van der Waals surface area contributed by atoms with Gasteiger partial charge in [0.05, 0.1) is 0 Å². The Labute approximate surface area is 118 Å². The van der Waals surface area contributed by atoms with Crippen molar-refractivity contribution >= 4 is 11.6 Å². The van der Waals surface area contributed by atoms with Crippen LogP contribution in [-0.4, -0.2) is 11.6 Å². The van der Waals surface area contributed by atoms with Crippen molar-refractivity contribution < 1.29 is 9.59 Å². The summed E-state index contributed by atoms with van der Waals surface area (Å²) in [5.41, 5.74) is -0.239. The van der Waals surface area contributed by atoms with Crippen LogP contribution in [0, 0.1) is 23.2 Å². The minimum atomic E-state index is -0.239. The number of rotatable bonds is 5. The molecule has 0 aromatic heterocycles. The normalized spacial score (nSPS) is 25.9. The van der Waals surface area contributed by atoms with Crippen LogP contribution in [0.3, 0.4) is 0 Å². The van der Waals surface area contributed by atoms with Crippen LogP contribution in [0.1, 0.15) is 73.1 Å². The van der Waals surface area contributed by atoms with E-state index >= 15 is 0 Å². The number of hydrogen-bond acceptors (Lipinski definition) is 2. The Balaban J connectivity index is 2.49. The molecular formula is C17H30O2. The SMILES string of the molecule is CCCC(C)C(=O)[C@H]1CC[C@H](C(=O)C(C)(C)C)CC1. The van der Waals surface area contributed by atoms with Crippen molar-refractivity contribution in [3.63, 3.8) is 0 Å². The van der Waals surface area contributed by atoms with Gasteiger partial charge >= 0.3 is 0 Å². The maximum Gasteiger partial charge on any atom is 0.141 e. The molecule has 0 saturated heterocycles. The van der Waals surface area contributed by atoms with Crippen LogP contribution in [0.5, 0.6) is 0 Å². The number of hydrogen-bond donors (Lipinski definition) is 0. The maximum absolute atomic E-state index is 12.3. The molecule has 1 atom stereocenters. The van der Waals surface area contributed by atoms with Crippen LogP contribution >= 0.6 is 0 Å². The molecule has 19 heavy (non-hydrogen) atoms. The van der Waals surface area contributed by atoms with Gasteiger partial charge in [0.15, 0.2) is 0 Å². The Morgan fingerprint density at radius 3 is 1.95 bits per heavy atom. The Morgan fingerprint density at radius 1 is 1.05 bits per heavy atom. The third-order valence-corrected chi connectivity index (χ3v) is 4.45. The highest BCUT2D eigenvalue weighted by Crippen LogP contribution is 2.35. The summed E-state index contributed by atoms with van der Waals surface area (Å²) < 4.78 is 0. The molecule has 1 fully saturated rings. The van der Waals surface area contributed by atoms with Crippen LogP contribution in [-0.2, 0) is 9.59 Å². The molecule has 110 valence electrons. The fraction of sp³-hybridized carbons (Fsp3) is 0.882. The first-order chi connectivity index (χ1) is 8.77. The molecule has 1 unspecified atom stereocenters. The van der Waals surface area contributed by atoms with Gasteiger partial charge in [-0.2, -0.15) is 0 Å². The summed E-state index contributed by atoms with van der Waals surface area (Å²) in [6.45, 7) is 10.2. The molecule has 1 aliphatic rings.